The number of hydrogen-bond donors (Lipinski definition) is 0. The van der Waals surface area contributed by atoms with Gasteiger partial charge in [0.05, 0.1) is 5.69 Å². The van der Waals surface area contributed by atoms with Crippen LogP contribution in [0.3, 0.4) is 0 Å². The van der Waals surface area contributed by atoms with Gasteiger partial charge < -0.3 is 4.42 Å². The van der Waals surface area contributed by atoms with E-state index in [-0.39, 0.29) is 0 Å². The molecule has 3 aromatic heterocycles. The third-order valence-corrected chi connectivity index (χ3v) is 3.44. The van der Waals surface area contributed by atoms with Gasteiger partial charge in [-0.25, -0.2) is 4.98 Å². The summed E-state index contributed by atoms with van der Waals surface area (Å²) in [5.41, 5.74) is 4.56. The van der Waals surface area contributed by atoms with Crippen LogP contribution in [0.15, 0.2) is 59.1 Å². The van der Waals surface area contributed by atoms with Crippen LogP contribution in [0.5, 0.6) is 0 Å². The van der Waals surface area contributed by atoms with Crippen molar-refractivity contribution in [3.05, 3.63) is 60.4 Å². The Morgan fingerprint density at radius 3 is 2.75 bits per heavy atom. The molecule has 4 rings (SSSR count). The molecular formula is C17H12N2O. The number of furan rings is 1. The van der Waals surface area contributed by atoms with Crippen molar-refractivity contribution in [1.29, 1.82) is 0 Å². The first-order valence-corrected chi connectivity index (χ1v) is 6.52. The number of aromatic nitrogens is 2. The molecule has 0 spiro atoms. The highest BCUT2D eigenvalue weighted by atomic mass is 16.3. The average molecular weight is 260 g/mol. The molecule has 0 unspecified atom stereocenters. The zero-order valence-electron chi connectivity index (χ0n) is 11.0. The molecular weight excluding hydrogens is 248 g/mol. The highest BCUT2D eigenvalue weighted by Gasteiger charge is 2.09. The fraction of sp³-hybridized carbons (Fsp3) is 0.0588. The van der Waals surface area contributed by atoms with Crippen LogP contribution in [0.1, 0.15) is 5.69 Å². The van der Waals surface area contributed by atoms with Crippen molar-refractivity contribution in [3.8, 4) is 11.3 Å². The van der Waals surface area contributed by atoms with Gasteiger partial charge in [0, 0.05) is 28.2 Å². The Morgan fingerprint density at radius 2 is 1.90 bits per heavy atom. The van der Waals surface area contributed by atoms with Crippen molar-refractivity contribution in [2.75, 3.05) is 0 Å². The van der Waals surface area contributed by atoms with Crippen molar-refractivity contribution >= 4 is 22.1 Å². The quantitative estimate of drug-likeness (QED) is 0.510. The minimum Gasteiger partial charge on any atom is -0.438 e. The Balaban J connectivity index is 2.01. The lowest BCUT2D eigenvalue weighted by Crippen LogP contribution is -1.81. The summed E-state index contributed by atoms with van der Waals surface area (Å²) in [7, 11) is 0. The lowest BCUT2D eigenvalue weighted by atomic mass is 10.1. The maximum Gasteiger partial charge on any atom is 0.227 e. The molecule has 0 amide bonds. The van der Waals surface area contributed by atoms with Crippen LogP contribution in [-0.2, 0) is 0 Å². The number of rotatable bonds is 1. The molecule has 4 aromatic rings. The van der Waals surface area contributed by atoms with E-state index >= 15 is 0 Å². The molecule has 3 nitrogen and oxygen atoms in total. The number of hydrogen-bond acceptors (Lipinski definition) is 3. The fourth-order valence-electron chi connectivity index (χ4n) is 2.44. The van der Waals surface area contributed by atoms with Crippen LogP contribution in [0.2, 0.25) is 0 Å². The van der Waals surface area contributed by atoms with Crippen LogP contribution in [0.4, 0.5) is 0 Å². The third kappa shape index (κ3) is 1.67. The lowest BCUT2D eigenvalue weighted by Gasteiger charge is -1.99. The Bertz CT molecular complexity index is 910. The van der Waals surface area contributed by atoms with Crippen molar-refractivity contribution in [2.45, 2.75) is 6.92 Å². The van der Waals surface area contributed by atoms with Crippen LogP contribution in [0.25, 0.3) is 33.3 Å². The second-order valence-corrected chi connectivity index (χ2v) is 4.83. The van der Waals surface area contributed by atoms with Gasteiger partial charge in [0.2, 0.25) is 5.71 Å². The van der Waals surface area contributed by atoms with Crippen molar-refractivity contribution < 1.29 is 4.42 Å². The normalized spacial score (nSPS) is 11.2. The zero-order chi connectivity index (χ0) is 13.5. The molecule has 0 fully saturated rings. The summed E-state index contributed by atoms with van der Waals surface area (Å²) in [4.78, 5) is 8.82. The van der Waals surface area contributed by atoms with Gasteiger partial charge in [0.1, 0.15) is 5.58 Å². The van der Waals surface area contributed by atoms with Crippen LogP contribution in [0, 0.1) is 6.92 Å². The Kier molecular flexibility index (Phi) is 2.33. The van der Waals surface area contributed by atoms with E-state index in [4.69, 9.17) is 4.42 Å². The first-order valence-electron chi connectivity index (χ1n) is 6.52. The molecule has 0 aliphatic rings. The molecule has 0 saturated heterocycles. The minimum atomic E-state index is 0.693. The topological polar surface area (TPSA) is 38.9 Å². The van der Waals surface area contributed by atoms with Crippen molar-refractivity contribution in [3.63, 3.8) is 0 Å². The third-order valence-electron chi connectivity index (χ3n) is 3.44. The number of fused-ring (bicyclic) bond motifs is 3. The Labute approximate surface area is 115 Å². The predicted molar refractivity (Wildman–Crippen MR) is 79.5 cm³/mol. The maximum absolute atomic E-state index is 5.79. The van der Waals surface area contributed by atoms with E-state index in [0.717, 1.165) is 33.3 Å². The second-order valence-electron chi connectivity index (χ2n) is 4.83. The van der Waals surface area contributed by atoms with Crippen LogP contribution < -0.4 is 0 Å². The van der Waals surface area contributed by atoms with E-state index in [1.54, 1.807) is 6.20 Å². The van der Waals surface area contributed by atoms with Gasteiger partial charge >= 0.3 is 0 Å². The summed E-state index contributed by atoms with van der Waals surface area (Å²) in [5, 5.41) is 2.12. The van der Waals surface area contributed by atoms with E-state index in [1.807, 2.05) is 43.3 Å². The number of aryl methyl sites for hydroxylation is 1. The highest BCUT2D eigenvalue weighted by molar-refractivity contribution is 6.04. The van der Waals surface area contributed by atoms with E-state index < -0.39 is 0 Å². The van der Waals surface area contributed by atoms with E-state index in [9.17, 15) is 0 Å². The smallest absolute Gasteiger partial charge is 0.227 e. The number of pyridine rings is 2. The van der Waals surface area contributed by atoms with Gasteiger partial charge in [0.25, 0.3) is 0 Å². The minimum absolute atomic E-state index is 0.693. The van der Waals surface area contributed by atoms with E-state index in [0.29, 0.717) is 5.71 Å². The Hall–Kier alpha value is -2.68. The van der Waals surface area contributed by atoms with Gasteiger partial charge in [-0.05, 0) is 49.4 Å². The molecule has 96 valence electrons. The molecule has 0 aliphatic carbocycles. The summed E-state index contributed by atoms with van der Waals surface area (Å²) < 4.78 is 5.79. The van der Waals surface area contributed by atoms with Crippen molar-refractivity contribution in [2.24, 2.45) is 0 Å². The van der Waals surface area contributed by atoms with E-state index in [1.165, 1.54) is 0 Å². The summed E-state index contributed by atoms with van der Waals surface area (Å²) >= 11 is 0. The zero-order valence-corrected chi connectivity index (χ0v) is 11.0. The predicted octanol–water partition coefficient (Wildman–Crippen LogP) is 4.35. The van der Waals surface area contributed by atoms with Gasteiger partial charge in [-0.3, -0.25) is 4.98 Å². The molecule has 0 N–H and O–H groups in total. The molecule has 0 atom stereocenters. The summed E-state index contributed by atoms with van der Waals surface area (Å²) in [6.45, 7) is 1.96. The molecule has 3 heterocycles. The SMILES string of the molecule is Cc1ccc2c(n1)oc1ccc(-c3ccccn3)cc12. The first-order chi connectivity index (χ1) is 9.81. The maximum atomic E-state index is 5.79. The summed E-state index contributed by atoms with van der Waals surface area (Å²) in [5.74, 6) is 0. The summed E-state index contributed by atoms with van der Waals surface area (Å²) in [6, 6.07) is 16.1. The largest absolute Gasteiger partial charge is 0.438 e. The molecule has 0 bridgehead atoms. The molecule has 20 heavy (non-hydrogen) atoms. The number of benzene rings is 1. The van der Waals surface area contributed by atoms with Gasteiger partial charge in [-0.15, -0.1) is 0 Å². The van der Waals surface area contributed by atoms with E-state index in [2.05, 4.69) is 22.1 Å². The Morgan fingerprint density at radius 1 is 0.950 bits per heavy atom. The standard InChI is InChI=1S/C17H12N2O/c1-11-5-7-13-14-10-12(15-4-2-3-9-18-15)6-8-16(14)20-17(13)19-11/h2-10H,1H3. The molecule has 0 saturated carbocycles. The summed E-state index contributed by atoms with van der Waals surface area (Å²) in [6.07, 6.45) is 1.80. The van der Waals surface area contributed by atoms with Gasteiger partial charge in [-0.2, -0.15) is 0 Å². The molecule has 0 radical (unpaired) electrons. The highest BCUT2D eigenvalue weighted by Crippen LogP contribution is 2.30. The molecule has 3 heteroatoms. The molecule has 1 aromatic carbocycles. The second kappa shape index (κ2) is 4.17. The average Bonchev–Trinajstić information content (AvgIpc) is 2.84. The van der Waals surface area contributed by atoms with Gasteiger partial charge in [0.15, 0.2) is 0 Å². The fourth-order valence-corrected chi connectivity index (χ4v) is 2.44. The van der Waals surface area contributed by atoms with Crippen molar-refractivity contribution in [1.82, 2.24) is 9.97 Å². The monoisotopic (exact) mass is 260 g/mol. The van der Waals surface area contributed by atoms with Gasteiger partial charge in [-0.1, -0.05) is 6.07 Å². The van der Waals surface area contributed by atoms with Crippen LogP contribution >= 0.6 is 0 Å². The van der Waals surface area contributed by atoms with Crippen LogP contribution in [-0.4, -0.2) is 9.97 Å². The lowest BCUT2D eigenvalue weighted by molar-refractivity contribution is 0.652. The molecule has 0 aliphatic heterocycles. The number of nitrogens with zero attached hydrogens (tertiary/aromatic N) is 2. The first kappa shape index (κ1) is 11.2.